The van der Waals surface area contributed by atoms with E-state index in [4.69, 9.17) is 5.10 Å². The normalized spacial score (nSPS) is 19.2. The number of hydrogen-bond acceptors (Lipinski definition) is 12. The Bertz CT molecular complexity index is 3630. The van der Waals surface area contributed by atoms with Crippen molar-refractivity contribution in [3.05, 3.63) is 77.4 Å². The molecule has 2 aromatic carbocycles. The van der Waals surface area contributed by atoms with Gasteiger partial charge in [-0.3, -0.25) is 52.7 Å². The number of piperidine rings is 1. The lowest BCUT2D eigenvalue weighted by molar-refractivity contribution is -0.152. The number of amides is 6. The molecule has 2 saturated carbocycles. The van der Waals surface area contributed by atoms with Gasteiger partial charge >= 0.3 is 5.97 Å². The second kappa shape index (κ2) is 25.5. The Labute approximate surface area is 508 Å². The summed E-state index contributed by atoms with van der Waals surface area (Å²) in [4.78, 5) is 94.8. The number of nitrogens with zero attached hydrogens (tertiary/aromatic N) is 10. The number of anilines is 1. The third-order valence-electron chi connectivity index (χ3n) is 19.3. The topological polar surface area (TPSA) is 257 Å². The Hall–Kier alpha value is -8.12. The SMILES string of the molecule is COC(=O)CNC(=O)CN(C)C(=O)Cn1nc(C2CC3(C2)CN(C(=O)CCC(=O)NCCCCCCCCCCCC(=O)N2CCC(n4cc(NC(=O)c5n[nH]c6c5C[C@H]5C(F)(F)[C@@]5(C)C6)cn4)CC2)C3)c2c(-c3cc4c(cnn4C)cc3F)cccc21. The number of aryl methyl sites for hydroxylation is 1. The number of methoxy groups -OCH3 is 1. The van der Waals surface area contributed by atoms with Gasteiger partial charge in [0.05, 0.1) is 54.5 Å². The average Bonchev–Trinajstić information content (AvgIpc) is 1.50. The van der Waals surface area contributed by atoms with Crippen molar-refractivity contribution in [2.75, 3.05) is 65.3 Å². The van der Waals surface area contributed by atoms with Crippen LogP contribution in [-0.4, -0.2) is 162 Å². The summed E-state index contributed by atoms with van der Waals surface area (Å²) >= 11 is 0. The van der Waals surface area contributed by atoms with Crippen molar-refractivity contribution in [3.63, 3.8) is 0 Å². The smallest absolute Gasteiger partial charge is 0.325 e. The second-order valence-corrected chi connectivity index (χ2v) is 25.4. The van der Waals surface area contributed by atoms with Crippen molar-refractivity contribution in [2.45, 2.75) is 147 Å². The molecule has 470 valence electrons. The first-order valence-corrected chi connectivity index (χ1v) is 31.0. The summed E-state index contributed by atoms with van der Waals surface area (Å²) in [5, 5.41) is 30.4. The number of benzene rings is 2. The minimum Gasteiger partial charge on any atom is -0.468 e. The summed E-state index contributed by atoms with van der Waals surface area (Å²) in [6.45, 7) is 3.77. The number of carbonyl (C=O) groups is 7. The van der Waals surface area contributed by atoms with Gasteiger partial charge in [-0.05, 0) is 68.7 Å². The fourth-order valence-corrected chi connectivity index (χ4v) is 14.0. The molecule has 2 atom stereocenters. The van der Waals surface area contributed by atoms with Crippen molar-refractivity contribution in [2.24, 2.45) is 23.8 Å². The lowest BCUT2D eigenvalue weighted by Gasteiger charge is -2.59. The zero-order valence-corrected chi connectivity index (χ0v) is 50.6. The number of ether oxygens (including phenoxy) is 1. The van der Waals surface area contributed by atoms with Crippen LogP contribution in [0.4, 0.5) is 18.9 Å². The first kappa shape index (κ1) is 61.5. The van der Waals surface area contributed by atoms with Crippen molar-refractivity contribution in [1.29, 1.82) is 0 Å². The molecule has 4 N–H and O–H groups in total. The molecule has 6 heterocycles. The fourth-order valence-electron chi connectivity index (χ4n) is 14.0. The van der Waals surface area contributed by atoms with E-state index >= 15 is 4.39 Å². The van der Waals surface area contributed by atoms with Crippen molar-refractivity contribution in [1.82, 2.24) is 64.9 Å². The summed E-state index contributed by atoms with van der Waals surface area (Å²) in [5.74, 6) is -5.98. The number of unbranched alkanes of at least 4 members (excludes halogenated alkanes) is 8. The van der Waals surface area contributed by atoms with E-state index in [-0.39, 0.29) is 86.1 Å². The van der Waals surface area contributed by atoms with Crippen LogP contribution in [0.2, 0.25) is 0 Å². The lowest BCUT2D eigenvalue weighted by atomic mass is 9.56. The predicted octanol–water partition coefficient (Wildman–Crippen LogP) is 7.39. The molecule has 0 radical (unpaired) electrons. The van der Waals surface area contributed by atoms with Crippen LogP contribution in [0.25, 0.3) is 32.9 Å². The molecule has 4 aromatic heterocycles. The molecule has 1 spiro atoms. The van der Waals surface area contributed by atoms with Crippen LogP contribution < -0.4 is 16.0 Å². The van der Waals surface area contributed by atoms with E-state index in [0.717, 1.165) is 100 Å². The number of aromatic amines is 1. The Morgan fingerprint density at radius 3 is 2.28 bits per heavy atom. The van der Waals surface area contributed by atoms with Crippen molar-refractivity contribution >= 4 is 68.9 Å². The number of fused-ring (bicyclic) bond motifs is 4. The number of carbonyl (C=O) groups excluding carboxylic acids is 7. The van der Waals surface area contributed by atoms with E-state index in [2.05, 4.69) is 41.1 Å². The number of nitrogens with one attached hydrogen (secondary N) is 4. The average molecular weight is 1220 g/mol. The molecule has 25 heteroatoms. The van der Waals surface area contributed by atoms with E-state index in [0.29, 0.717) is 78.1 Å². The molecular formula is C63H79F3N14O8. The summed E-state index contributed by atoms with van der Waals surface area (Å²) in [6, 6.07) is 8.83. The minimum absolute atomic E-state index is 0.0346. The van der Waals surface area contributed by atoms with Crippen LogP contribution in [0, 0.1) is 22.6 Å². The van der Waals surface area contributed by atoms with Gasteiger partial charge in [0.1, 0.15) is 18.9 Å². The molecule has 11 rings (SSSR count). The maximum atomic E-state index is 16.0. The minimum atomic E-state index is -2.74. The van der Waals surface area contributed by atoms with Gasteiger partial charge < -0.3 is 35.4 Å². The van der Waals surface area contributed by atoms with Crippen LogP contribution in [0.5, 0.6) is 0 Å². The summed E-state index contributed by atoms with van der Waals surface area (Å²) in [5.41, 5.74) is 3.76. The van der Waals surface area contributed by atoms with Crippen LogP contribution in [0.15, 0.2) is 48.9 Å². The van der Waals surface area contributed by atoms with Gasteiger partial charge in [0.25, 0.3) is 11.8 Å². The van der Waals surface area contributed by atoms with Crippen molar-refractivity contribution in [3.8, 4) is 11.1 Å². The highest BCUT2D eigenvalue weighted by molar-refractivity contribution is 6.04. The van der Waals surface area contributed by atoms with Crippen LogP contribution in [0.3, 0.4) is 0 Å². The summed E-state index contributed by atoms with van der Waals surface area (Å²) in [6.07, 6.45) is 18.3. The molecule has 2 saturated heterocycles. The molecule has 6 aromatic rings. The number of aromatic nitrogens is 8. The number of likely N-dealkylation sites (N-methyl/N-ethyl adjacent to an activating group) is 1. The molecular weight excluding hydrogens is 1140 g/mol. The molecule has 88 heavy (non-hydrogen) atoms. The maximum absolute atomic E-state index is 16.0. The van der Waals surface area contributed by atoms with E-state index in [1.807, 2.05) is 26.6 Å². The zero-order chi connectivity index (χ0) is 62.1. The van der Waals surface area contributed by atoms with Crippen LogP contribution in [-0.2, 0) is 59.9 Å². The Kier molecular flexibility index (Phi) is 17.9. The zero-order valence-electron chi connectivity index (χ0n) is 50.6. The first-order valence-electron chi connectivity index (χ1n) is 31.0. The van der Waals surface area contributed by atoms with Gasteiger partial charge in [0, 0.05) is 129 Å². The second-order valence-electron chi connectivity index (χ2n) is 25.4. The monoisotopic (exact) mass is 1220 g/mol. The molecule has 0 unspecified atom stereocenters. The van der Waals surface area contributed by atoms with Gasteiger partial charge in [-0.1, -0.05) is 64.0 Å². The molecule has 4 fully saturated rings. The quantitative estimate of drug-likeness (QED) is 0.0306. The number of likely N-dealkylation sites (tertiary alicyclic amines) is 2. The molecule has 5 aliphatic rings. The van der Waals surface area contributed by atoms with Gasteiger partial charge in [-0.25, -0.2) is 13.2 Å². The van der Waals surface area contributed by atoms with Gasteiger partial charge in [-0.15, -0.1) is 0 Å². The number of esters is 1. The summed E-state index contributed by atoms with van der Waals surface area (Å²) in [7, 11) is 4.50. The Morgan fingerprint density at radius 1 is 0.830 bits per heavy atom. The standard InChI is InChI=1S/C63H79F3N14O8/c1-61-30-47-45(27-50(61)63(61,65)66)59(73-72-47)60(87)71-41-32-70-79(34-41)42-20-23-77(24-21-42)53(83)17-12-10-8-6-5-7-9-11-13-22-67-51(81)18-19-54(84)78-37-62(38-78)28-40(29-62)58-57-43(44-26-49-39(25-46(44)64)31-69-76(49)3)15-14-16-48(57)80(74-58)36-55(85)75(2)35-52(82)68-33-56(86)88-4/h14-16,25-26,31-32,34,40,42,50H,5-13,17-24,27-30,33,35-38H2,1-4H3,(H,67,81)(H,68,82)(H,71,87)(H,72,73)/t50-,61+/m1/s1. The Balaban J connectivity index is 0.540. The van der Waals surface area contributed by atoms with Crippen LogP contribution >= 0.6 is 0 Å². The molecule has 3 aliphatic carbocycles. The lowest BCUT2D eigenvalue weighted by Crippen LogP contribution is -2.63. The van der Waals surface area contributed by atoms with E-state index in [1.165, 1.54) is 25.1 Å². The fraction of sp³-hybridized carbons (Fsp3) is 0.571. The number of alkyl halides is 2. The van der Waals surface area contributed by atoms with Gasteiger partial charge in [-0.2, -0.15) is 20.4 Å². The summed E-state index contributed by atoms with van der Waals surface area (Å²) < 4.78 is 54.5. The highest BCUT2D eigenvalue weighted by Gasteiger charge is 2.78. The number of halogens is 3. The van der Waals surface area contributed by atoms with Crippen LogP contribution in [0.1, 0.15) is 149 Å². The van der Waals surface area contributed by atoms with E-state index < -0.39 is 46.8 Å². The third-order valence-corrected chi connectivity index (χ3v) is 19.3. The first-order chi connectivity index (χ1) is 42.2. The highest BCUT2D eigenvalue weighted by atomic mass is 19.3. The molecule has 6 amide bonds. The van der Waals surface area contributed by atoms with Gasteiger partial charge in [0.2, 0.25) is 29.5 Å². The largest absolute Gasteiger partial charge is 0.468 e. The van der Waals surface area contributed by atoms with Gasteiger partial charge in [0.15, 0.2) is 5.69 Å². The maximum Gasteiger partial charge on any atom is 0.325 e. The molecule has 22 nitrogen and oxygen atoms in total. The van der Waals surface area contributed by atoms with Crippen molar-refractivity contribution < 1.29 is 51.5 Å². The number of H-pyrrole nitrogens is 1. The number of rotatable bonds is 26. The highest BCUT2D eigenvalue weighted by Crippen LogP contribution is 2.70. The Morgan fingerprint density at radius 2 is 1.55 bits per heavy atom. The predicted molar refractivity (Wildman–Crippen MR) is 319 cm³/mol. The van der Waals surface area contributed by atoms with E-state index in [1.54, 1.807) is 54.1 Å². The molecule has 2 aliphatic heterocycles. The third kappa shape index (κ3) is 12.8. The van der Waals surface area contributed by atoms with E-state index in [9.17, 15) is 42.3 Å². The molecule has 0 bridgehead atoms. The number of hydrogen-bond donors (Lipinski definition) is 4.